The fourth-order valence-electron chi connectivity index (χ4n) is 3.24. The van der Waals surface area contributed by atoms with Gasteiger partial charge in [0.05, 0.1) is 22.3 Å². The lowest BCUT2D eigenvalue weighted by atomic mass is 10.1. The monoisotopic (exact) mass is 544 g/mol. The second-order valence-electron chi connectivity index (χ2n) is 7.07. The second-order valence-corrected chi connectivity index (χ2v) is 10.0. The van der Waals surface area contributed by atoms with Crippen molar-refractivity contribution in [2.75, 3.05) is 13.2 Å². The van der Waals surface area contributed by atoms with Crippen LogP contribution in [0.3, 0.4) is 0 Å². The van der Waals surface area contributed by atoms with E-state index in [-0.39, 0.29) is 36.4 Å². The van der Waals surface area contributed by atoms with E-state index in [1.165, 1.54) is 13.8 Å². The number of hydrogen-bond donors (Lipinski definition) is 0. The van der Waals surface area contributed by atoms with Crippen molar-refractivity contribution in [3.8, 4) is 0 Å². The van der Waals surface area contributed by atoms with Crippen LogP contribution in [-0.4, -0.2) is 21.8 Å². The number of halogens is 12. The molecular weight excluding hydrogens is 528 g/mol. The van der Waals surface area contributed by atoms with Crippen molar-refractivity contribution < 1.29 is 61.5 Å². The zero-order chi connectivity index (χ0) is 27.0. The van der Waals surface area contributed by atoms with Crippen LogP contribution in [-0.2, 0) is 33.6 Å². The predicted molar refractivity (Wildman–Crippen MR) is 101 cm³/mol. The molecule has 0 heterocycles. The molecule has 15 heteroatoms. The van der Waals surface area contributed by atoms with Gasteiger partial charge in [0, 0.05) is 13.2 Å². The molecule has 0 radical (unpaired) electrons. The molecule has 2 rings (SSSR count). The summed E-state index contributed by atoms with van der Waals surface area (Å²) >= 11 is 0. The molecule has 2 aromatic rings. The summed E-state index contributed by atoms with van der Waals surface area (Å²) in [4.78, 5) is 0. The van der Waals surface area contributed by atoms with Gasteiger partial charge in [0.2, 0.25) is 0 Å². The molecular formula is C20H16F12O2Si. The van der Waals surface area contributed by atoms with Gasteiger partial charge in [-0.3, -0.25) is 0 Å². The first kappa shape index (κ1) is 29.0. The van der Waals surface area contributed by atoms with E-state index in [1.54, 1.807) is 0 Å². The Labute approximate surface area is 191 Å². The van der Waals surface area contributed by atoms with E-state index in [4.69, 9.17) is 8.85 Å². The standard InChI is InChI=1S/C20H16F12O2Si/c1-3-33-35(34-4-2,15-7-11(17(21,22)23)5-12(8-15)18(24,25)26)16-9-13(19(27,28)29)6-14(10-16)20(30,31)32/h5-10H,3-4H2,1-2H3. The Hall–Kier alpha value is -2.26. The van der Waals surface area contributed by atoms with E-state index in [0.29, 0.717) is 0 Å². The van der Waals surface area contributed by atoms with Gasteiger partial charge < -0.3 is 8.85 Å². The summed E-state index contributed by atoms with van der Waals surface area (Å²) in [5.41, 5.74) is -7.33. The minimum absolute atomic E-state index is 0.181. The molecule has 0 spiro atoms. The van der Waals surface area contributed by atoms with Crippen molar-refractivity contribution in [3.63, 3.8) is 0 Å². The maximum atomic E-state index is 13.4. The summed E-state index contributed by atoms with van der Waals surface area (Å²) < 4.78 is 172. The molecule has 0 saturated carbocycles. The maximum absolute atomic E-state index is 13.4. The Morgan fingerprint density at radius 2 is 0.714 bits per heavy atom. The average Bonchev–Trinajstić information content (AvgIpc) is 2.70. The summed E-state index contributed by atoms with van der Waals surface area (Å²) in [6.45, 7) is 1.39. The van der Waals surface area contributed by atoms with Gasteiger partial charge in [-0.25, -0.2) is 0 Å². The Kier molecular flexibility index (Phi) is 7.99. The van der Waals surface area contributed by atoms with Crippen LogP contribution in [0.25, 0.3) is 0 Å². The van der Waals surface area contributed by atoms with Gasteiger partial charge in [0.1, 0.15) is 0 Å². The van der Waals surface area contributed by atoms with Crippen LogP contribution in [0.5, 0.6) is 0 Å². The highest BCUT2D eigenvalue weighted by molar-refractivity contribution is 6.92. The average molecular weight is 544 g/mol. The van der Waals surface area contributed by atoms with Crippen LogP contribution in [0.2, 0.25) is 0 Å². The molecule has 0 fully saturated rings. The van der Waals surface area contributed by atoms with Crippen LogP contribution in [0.1, 0.15) is 36.1 Å². The Morgan fingerprint density at radius 1 is 0.486 bits per heavy atom. The summed E-state index contributed by atoms with van der Waals surface area (Å²) in [5, 5.41) is -1.92. The molecule has 0 aliphatic heterocycles. The van der Waals surface area contributed by atoms with E-state index in [9.17, 15) is 52.7 Å². The topological polar surface area (TPSA) is 18.5 Å². The fraction of sp³-hybridized carbons (Fsp3) is 0.400. The van der Waals surface area contributed by atoms with E-state index in [2.05, 4.69) is 0 Å². The third-order valence-electron chi connectivity index (χ3n) is 4.63. The molecule has 0 aliphatic carbocycles. The third-order valence-corrected chi connectivity index (χ3v) is 8.12. The van der Waals surface area contributed by atoms with Crippen molar-refractivity contribution in [1.29, 1.82) is 0 Å². The van der Waals surface area contributed by atoms with E-state index < -0.39 is 79.1 Å². The minimum atomic E-state index is -5.33. The first-order chi connectivity index (χ1) is 15.8. The van der Waals surface area contributed by atoms with Crippen LogP contribution in [0.15, 0.2) is 36.4 Å². The molecule has 0 atom stereocenters. The van der Waals surface area contributed by atoms with Gasteiger partial charge in [-0.1, -0.05) is 0 Å². The van der Waals surface area contributed by atoms with E-state index >= 15 is 0 Å². The molecule has 0 N–H and O–H groups in total. The van der Waals surface area contributed by atoms with Gasteiger partial charge in [0.15, 0.2) is 0 Å². The molecule has 0 amide bonds. The van der Waals surface area contributed by atoms with Gasteiger partial charge in [-0.15, -0.1) is 0 Å². The highest BCUT2D eigenvalue weighted by Gasteiger charge is 2.48. The van der Waals surface area contributed by atoms with E-state index in [1.807, 2.05) is 0 Å². The zero-order valence-corrected chi connectivity index (χ0v) is 18.7. The van der Waals surface area contributed by atoms with E-state index in [0.717, 1.165) is 0 Å². The number of hydrogen-bond acceptors (Lipinski definition) is 2. The highest BCUT2D eigenvalue weighted by Crippen LogP contribution is 2.37. The first-order valence-corrected chi connectivity index (χ1v) is 11.4. The fourth-order valence-corrected chi connectivity index (χ4v) is 6.52. The quantitative estimate of drug-likeness (QED) is 0.310. The first-order valence-electron chi connectivity index (χ1n) is 9.63. The molecule has 0 aromatic heterocycles. The summed E-state index contributed by atoms with van der Waals surface area (Å²) in [7, 11) is -4.99. The maximum Gasteiger partial charge on any atom is 0.416 e. The molecule has 0 saturated heterocycles. The van der Waals surface area contributed by atoms with Gasteiger partial charge in [-0.05, 0) is 60.6 Å². The Bertz CT molecular complexity index is 890. The molecule has 196 valence electrons. The largest absolute Gasteiger partial charge is 0.416 e. The minimum Gasteiger partial charge on any atom is -0.388 e. The van der Waals surface area contributed by atoms with Crippen LogP contribution in [0.4, 0.5) is 52.7 Å². The molecule has 2 nitrogen and oxygen atoms in total. The molecule has 0 bridgehead atoms. The van der Waals surface area contributed by atoms with Crippen LogP contribution in [0, 0.1) is 0 Å². The second kappa shape index (κ2) is 9.65. The van der Waals surface area contributed by atoms with Crippen molar-refractivity contribution in [3.05, 3.63) is 58.7 Å². The molecule has 0 aliphatic rings. The number of benzene rings is 2. The lowest BCUT2D eigenvalue weighted by molar-refractivity contribution is -0.144. The lowest BCUT2D eigenvalue weighted by Crippen LogP contribution is -2.64. The van der Waals surface area contributed by atoms with Gasteiger partial charge >= 0.3 is 33.3 Å². The zero-order valence-electron chi connectivity index (χ0n) is 17.7. The molecule has 35 heavy (non-hydrogen) atoms. The molecule has 0 unspecified atom stereocenters. The predicted octanol–water partition coefficient (Wildman–Crippen LogP) is 6.39. The summed E-state index contributed by atoms with van der Waals surface area (Å²) in [6.07, 6.45) is -21.3. The molecule has 2 aromatic carbocycles. The van der Waals surface area contributed by atoms with Crippen molar-refractivity contribution in [1.82, 2.24) is 0 Å². The third kappa shape index (κ3) is 6.49. The smallest absolute Gasteiger partial charge is 0.388 e. The van der Waals surface area contributed by atoms with Crippen molar-refractivity contribution in [2.45, 2.75) is 38.6 Å². The van der Waals surface area contributed by atoms with Crippen LogP contribution >= 0.6 is 0 Å². The normalized spacial score (nSPS) is 13.9. The Morgan fingerprint density at radius 3 is 0.886 bits per heavy atom. The lowest BCUT2D eigenvalue weighted by Gasteiger charge is -2.32. The number of rotatable bonds is 6. The van der Waals surface area contributed by atoms with Gasteiger partial charge in [-0.2, -0.15) is 52.7 Å². The highest BCUT2D eigenvalue weighted by atomic mass is 28.4. The van der Waals surface area contributed by atoms with Crippen molar-refractivity contribution >= 4 is 18.9 Å². The van der Waals surface area contributed by atoms with Gasteiger partial charge in [0.25, 0.3) is 0 Å². The SMILES string of the molecule is CCO[Si](OCC)(c1cc(C(F)(F)F)cc(C(F)(F)F)c1)c1cc(C(F)(F)F)cc(C(F)(F)F)c1. The number of alkyl halides is 12. The summed E-state index contributed by atoms with van der Waals surface area (Å²) in [5.74, 6) is 0. The Balaban J connectivity index is 3.05. The summed E-state index contributed by atoms with van der Waals surface area (Å²) in [6, 6.07) is 0.267. The van der Waals surface area contributed by atoms with Crippen LogP contribution < -0.4 is 10.4 Å². The van der Waals surface area contributed by atoms with Crippen molar-refractivity contribution in [2.24, 2.45) is 0 Å².